The van der Waals surface area contributed by atoms with Crippen LogP contribution in [0.25, 0.3) is 0 Å². The Balaban J connectivity index is 1.91. The van der Waals surface area contributed by atoms with Gasteiger partial charge in [-0.05, 0) is 24.3 Å². The van der Waals surface area contributed by atoms with E-state index in [1.54, 1.807) is 50.3 Å². The lowest BCUT2D eigenvalue weighted by Crippen LogP contribution is -2.11. The van der Waals surface area contributed by atoms with E-state index in [-0.39, 0.29) is 5.78 Å². The van der Waals surface area contributed by atoms with Crippen LogP contribution in [0.15, 0.2) is 58.5 Å². The van der Waals surface area contributed by atoms with Crippen molar-refractivity contribution >= 4 is 23.2 Å². The smallest absolute Gasteiger partial charge is 0.192 e. The average molecular weight is 327 g/mol. The van der Waals surface area contributed by atoms with E-state index >= 15 is 0 Å². The second-order valence-corrected chi connectivity index (χ2v) is 6.10. The largest absolute Gasteiger partial charge is 0.497 e. The summed E-state index contributed by atoms with van der Waals surface area (Å²) in [6.45, 7) is 0. The van der Waals surface area contributed by atoms with E-state index < -0.39 is 0 Å². The van der Waals surface area contributed by atoms with Gasteiger partial charge in [0.2, 0.25) is 0 Å². The number of fused-ring (bicyclic) bond motifs is 1. The molecule has 0 aromatic heterocycles. The Kier molecular flexibility index (Phi) is 4.30. The van der Waals surface area contributed by atoms with Gasteiger partial charge in [0.05, 0.1) is 30.5 Å². The van der Waals surface area contributed by atoms with E-state index in [9.17, 15) is 4.79 Å². The van der Waals surface area contributed by atoms with Gasteiger partial charge in [-0.2, -0.15) is 0 Å². The van der Waals surface area contributed by atoms with E-state index in [4.69, 9.17) is 9.47 Å². The summed E-state index contributed by atoms with van der Waals surface area (Å²) in [6.07, 6.45) is 1.65. The van der Waals surface area contributed by atoms with Crippen LogP contribution in [0.5, 0.6) is 11.5 Å². The van der Waals surface area contributed by atoms with E-state index in [1.807, 2.05) is 30.1 Å². The second kappa shape index (κ2) is 6.38. The van der Waals surface area contributed by atoms with E-state index in [2.05, 4.69) is 6.07 Å². The van der Waals surface area contributed by atoms with Gasteiger partial charge < -0.3 is 14.4 Å². The zero-order valence-electron chi connectivity index (χ0n) is 13.2. The van der Waals surface area contributed by atoms with E-state index in [0.717, 1.165) is 15.6 Å². The van der Waals surface area contributed by atoms with E-state index in [1.165, 1.54) is 0 Å². The van der Waals surface area contributed by atoms with Gasteiger partial charge in [0.25, 0.3) is 0 Å². The fraction of sp³-hybridized carbons (Fsp3) is 0.167. The van der Waals surface area contributed by atoms with Crippen LogP contribution in [0.3, 0.4) is 0 Å². The molecule has 0 saturated heterocycles. The number of ketones is 1. The fourth-order valence-electron chi connectivity index (χ4n) is 2.44. The summed E-state index contributed by atoms with van der Waals surface area (Å²) in [5, 5.41) is 0.897. The van der Waals surface area contributed by atoms with E-state index in [0.29, 0.717) is 17.1 Å². The first-order valence-electron chi connectivity index (χ1n) is 7.12. The molecule has 0 fully saturated rings. The van der Waals surface area contributed by atoms with Crippen LogP contribution in [0.1, 0.15) is 10.4 Å². The van der Waals surface area contributed by atoms with Crippen molar-refractivity contribution in [3.63, 3.8) is 0 Å². The number of benzene rings is 2. The van der Waals surface area contributed by atoms with Gasteiger partial charge in [0, 0.05) is 24.1 Å². The summed E-state index contributed by atoms with van der Waals surface area (Å²) in [6, 6.07) is 13.3. The van der Waals surface area contributed by atoms with Crippen molar-refractivity contribution in [2.45, 2.75) is 4.90 Å². The first-order chi connectivity index (χ1) is 11.1. The molecule has 4 nitrogen and oxygen atoms in total. The molecule has 23 heavy (non-hydrogen) atoms. The van der Waals surface area contributed by atoms with Crippen molar-refractivity contribution in [2.75, 3.05) is 26.2 Å². The maximum atomic E-state index is 12.6. The predicted molar refractivity (Wildman–Crippen MR) is 92.7 cm³/mol. The van der Waals surface area contributed by atoms with Crippen LogP contribution in [0, 0.1) is 0 Å². The highest BCUT2D eigenvalue weighted by Crippen LogP contribution is 2.44. The standard InChI is InChI=1S/C18H17NO3S/c1-19-14-6-4-5-7-17(14)23-18(19)11-15(20)13-9-8-12(21-2)10-16(13)22-3/h4-11H,1-3H3/b18-11+. The van der Waals surface area contributed by atoms with Gasteiger partial charge in [0.15, 0.2) is 5.78 Å². The molecule has 1 aliphatic heterocycles. The first kappa shape index (κ1) is 15.5. The quantitative estimate of drug-likeness (QED) is 0.627. The monoisotopic (exact) mass is 327 g/mol. The Labute approximate surface area is 139 Å². The highest BCUT2D eigenvalue weighted by atomic mass is 32.2. The Morgan fingerprint density at radius 1 is 1.13 bits per heavy atom. The highest BCUT2D eigenvalue weighted by Gasteiger charge is 2.23. The number of carbonyl (C=O) groups excluding carboxylic acids is 1. The maximum absolute atomic E-state index is 12.6. The molecule has 5 heteroatoms. The Hall–Kier alpha value is -2.40. The van der Waals surface area contributed by atoms with Gasteiger partial charge in [-0.1, -0.05) is 23.9 Å². The van der Waals surface area contributed by atoms with Gasteiger partial charge in [-0.25, -0.2) is 0 Å². The molecule has 2 aromatic carbocycles. The second-order valence-electron chi connectivity index (χ2n) is 5.04. The summed E-state index contributed by atoms with van der Waals surface area (Å²) >= 11 is 1.59. The fourth-order valence-corrected chi connectivity index (χ4v) is 3.52. The molecule has 0 spiro atoms. The SMILES string of the molecule is COc1ccc(C(=O)/C=C2/Sc3ccccc3N2C)c(OC)c1. The number of methoxy groups -OCH3 is 2. The van der Waals surface area contributed by atoms with Crippen molar-refractivity contribution < 1.29 is 14.3 Å². The molecule has 1 aliphatic rings. The molecule has 118 valence electrons. The molecule has 0 bridgehead atoms. The Bertz CT molecular complexity index is 786. The minimum atomic E-state index is -0.0911. The zero-order valence-corrected chi connectivity index (χ0v) is 14.0. The average Bonchev–Trinajstić information content (AvgIpc) is 2.90. The van der Waals surface area contributed by atoms with Gasteiger partial charge in [0.1, 0.15) is 11.5 Å². The normalized spacial score (nSPS) is 14.7. The van der Waals surface area contributed by atoms with Crippen molar-refractivity contribution in [1.82, 2.24) is 0 Å². The minimum Gasteiger partial charge on any atom is -0.497 e. The lowest BCUT2D eigenvalue weighted by Gasteiger charge is -2.13. The molecule has 2 aromatic rings. The molecule has 0 amide bonds. The number of carbonyl (C=O) groups is 1. The third-order valence-corrected chi connectivity index (χ3v) is 4.87. The number of allylic oxidation sites excluding steroid dienone is 1. The molecule has 0 unspecified atom stereocenters. The Morgan fingerprint density at radius 2 is 1.91 bits per heavy atom. The van der Waals surface area contributed by atoms with Crippen LogP contribution >= 0.6 is 11.8 Å². The minimum absolute atomic E-state index is 0.0911. The van der Waals surface area contributed by atoms with Crippen molar-refractivity contribution in [2.24, 2.45) is 0 Å². The van der Waals surface area contributed by atoms with Crippen molar-refractivity contribution in [3.8, 4) is 11.5 Å². The van der Waals surface area contributed by atoms with Crippen LogP contribution in [-0.4, -0.2) is 27.1 Å². The number of anilines is 1. The zero-order chi connectivity index (χ0) is 16.4. The highest BCUT2D eigenvalue weighted by molar-refractivity contribution is 8.03. The summed E-state index contributed by atoms with van der Waals surface area (Å²) in [7, 11) is 5.09. The summed E-state index contributed by atoms with van der Waals surface area (Å²) in [5.41, 5.74) is 1.63. The van der Waals surface area contributed by atoms with Gasteiger partial charge in [-0.15, -0.1) is 0 Å². The lowest BCUT2D eigenvalue weighted by molar-refractivity contribution is 0.104. The summed E-state index contributed by atoms with van der Waals surface area (Å²) in [5.74, 6) is 1.08. The number of ether oxygens (including phenoxy) is 2. The number of para-hydroxylation sites is 1. The molecule has 0 atom stereocenters. The number of hydrogen-bond acceptors (Lipinski definition) is 5. The topological polar surface area (TPSA) is 38.8 Å². The number of thioether (sulfide) groups is 1. The molecule has 0 N–H and O–H groups in total. The van der Waals surface area contributed by atoms with Crippen LogP contribution < -0.4 is 14.4 Å². The molecule has 3 rings (SSSR count). The van der Waals surface area contributed by atoms with Crippen LogP contribution in [-0.2, 0) is 0 Å². The number of hydrogen-bond donors (Lipinski definition) is 0. The third-order valence-electron chi connectivity index (χ3n) is 3.70. The Morgan fingerprint density at radius 3 is 2.61 bits per heavy atom. The number of rotatable bonds is 4. The maximum Gasteiger partial charge on any atom is 0.192 e. The van der Waals surface area contributed by atoms with Crippen molar-refractivity contribution in [1.29, 1.82) is 0 Å². The van der Waals surface area contributed by atoms with Crippen LogP contribution in [0.2, 0.25) is 0 Å². The van der Waals surface area contributed by atoms with Crippen LogP contribution in [0.4, 0.5) is 5.69 Å². The predicted octanol–water partition coefficient (Wildman–Crippen LogP) is 3.97. The summed E-state index contributed by atoms with van der Waals surface area (Å²) in [4.78, 5) is 15.8. The molecule has 1 heterocycles. The molecular formula is C18H17NO3S. The molecular weight excluding hydrogens is 310 g/mol. The first-order valence-corrected chi connectivity index (χ1v) is 7.94. The van der Waals surface area contributed by atoms with Gasteiger partial charge >= 0.3 is 0 Å². The lowest BCUT2D eigenvalue weighted by atomic mass is 10.1. The third kappa shape index (κ3) is 2.92. The van der Waals surface area contributed by atoms with Crippen molar-refractivity contribution in [3.05, 3.63) is 59.1 Å². The molecule has 0 aliphatic carbocycles. The number of nitrogens with zero attached hydrogens (tertiary/aromatic N) is 1. The molecule has 0 saturated carbocycles. The summed E-state index contributed by atoms with van der Waals surface area (Å²) < 4.78 is 10.5. The van der Waals surface area contributed by atoms with Gasteiger partial charge in [-0.3, -0.25) is 4.79 Å². The molecule has 0 radical (unpaired) electrons.